The second kappa shape index (κ2) is 13.8. The molecule has 0 saturated carbocycles. The van der Waals surface area contributed by atoms with Gasteiger partial charge < -0.3 is 15.4 Å². The van der Waals surface area contributed by atoms with Gasteiger partial charge in [-0.05, 0) is 38.7 Å². The predicted molar refractivity (Wildman–Crippen MR) is 105 cm³/mol. The minimum atomic E-state index is 0. The maximum absolute atomic E-state index is 5.05. The fourth-order valence-corrected chi connectivity index (χ4v) is 1.96. The molecule has 0 fully saturated rings. The summed E-state index contributed by atoms with van der Waals surface area (Å²) in [7, 11) is 1.75. The van der Waals surface area contributed by atoms with Crippen LogP contribution in [0.5, 0.6) is 0 Å². The lowest BCUT2D eigenvalue weighted by atomic mass is 10.1. The first-order chi connectivity index (χ1) is 10.3. The number of benzene rings is 1. The van der Waals surface area contributed by atoms with Gasteiger partial charge in [-0.25, -0.2) is 4.99 Å². The van der Waals surface area contributed by atoms with Gasteiger partial charge in [-0.3, -0.25) is 0 Å². The summed E-state index contributed by atoms with van der Waals surface area (Å²) in [5.41, 5.74) is 2.52. The number of aliphatic imine (C=N–C) groups is 1. The Morgan fingerprint density at radius 2 is 1.82 bits per heavy atom. The number of ether oxygens (including phenoxy) is 1. The summed E-state index contributed by atoms with van der Waals surface area (Å²) in [5.74, 6) is 0.893. The number of nitrogens with zero attached hydrogens (tertiary/aromatic N) is 1. The van der Waals surface area contributed by atoms with Crippen LogP contribution in [-0.2, 0) is 11.3 Å². The average molecular weight is 419 g/mol. The highest BCUT2D eigenvalue weighted by Gasteiger charge is 1.97. The number of aryl methyl sites for hydroxylation is 1. The number of hydrogen-bond donors (Lipinski definition) is 2. The van der Waals surface area contributed by atoms with E-state index >= 15 is 0 Å². The van der Waals surface area contributed by atoms with Crippen molar-refractivity contribution >= 4 is 29.9 Å². The van der Waals surface area contributed by atoms with E-state index in [0.29, 0.717) is 6.54 Å². The van der Waals surface area contributed by atoms with E-state index in [1.54, 1.807) is 7.11 Å². The molecule has 1 rings (SSSR count). The topological polar surface area (TPSA) is 45.7 Å². The molecule has 0 aromatic heterocycles. The summed E-state index contributed by atoms with van der Waals surface area (Å²) < 4.78 is 5.05. The SMILES string of the molecule is CCNC(=NCc1ccc(C)cc1)NCCCCCOC.I. The number of methoxy groups -OCH3 is 1. The fourth-order valence-electron chi connectivity index (χ4n) is 1.96. The molecular formula is C17H30IN3O. The van der Waals surface area contributed by atoms with Crippen LogP contribution >= 0.6 is 24.0 Å². The van der Waals surface area contributed by atoms with Crippen molar-refractivity contribution in [3.8, 4) is 0 Å². The molecule has 0 spiro atoms. The van der Waals surface area contributed by atoms with Crippen molar-refractivity contribution in [2.24, 2.45) is 4.99 Å². The zero-order chi connectivity index (χ0) is 15.3. The summed E-state index contributed by atoms with van der Waals surface area (Å²) >= 11 is 0. The van der Waals surface area contributed by atoms with Gasteiger partial charge in [0.05, 0.1) is 6.54 Å². The highest BCUT2D eigenvalue weighted by Crippen LogP contribution is 2.04. The number of nitrogens with one attached hydrogen (secondary N) is 2. The minimum Gasteiger partial charge on any atom is -0.385 e. The number of hydrogen-bond acceptors (Lipinski definition) is 2. The lowest BCUT2D eigenvalue weighted by molar-refractivity contribution is 0.192. The van der Waals surface area contributed by atoms with E-state index in [1.165, 1.54) is 17.5 Å². The van der Waals surface area contributed by atoms with E-state index in [0.717, 1.165) is 38.5 Å². The molecule has 0 aliphatic carbocycles. The van der Waals surface area contributed by atoms with Crippen LogP contribution in [0.1, 0.15) is 37.3 Å². The molecule has 0 amide bonds. The van der Waals surface area contributed by atoms with Crippen molar-refractivity contribution in [1.29, 1.82) is 0 Å². The molecule has 0 bridgehead atoms. The van der Waals surface area contributed by atoms with E-state index in [1.807, 2.05) is 0 Å². The highest BCUT2D eigenvalue weighted by molar-refractivity contribution is 14.0. The van der Waals surface area contributed by atoms with Crippen LogP contribution in [0, 0.1) is 6.92 Å². The van der Waals surface area contributed by atoms with Crippen molar-refractivity contribution in [3.05, 3.63) is 35.4 Å². The quantitative estimate of drug-likeness (QED) is 0.279. The van der Waals surface area contributed by atoms with Crippen molar-refractivity contribution < 1.29 is 4.74 Å². The zero-order valence-electron chi connectivity index (χ0n) is 14.0. The van der Waals surface area contributed by atoms with E-state index < -0.39 is 0 Å². The zero-order valence-corrected chi connectivity index (χ0v) is 16.4. The molecule has 1 aromatic rings. The predicted octanol–water partition coefficient (Wildman–Crippen LogP) is 3.48. The van der Waals surface area contributed by atoms with Crippen LogP contribution in [-0.4, -0.2) is 32.8 Å². The fraction of sp³-hybridized carbons (Fsp3) is 0.588. The van der Waals surface area contributed by atoms with Gasteiger partial charge in [0.25, 0.3) is 0 Å². The average Bonchev–Trinajstić information content (AvgIpc) is 2.49. The van der Waals surface area contributed by atoms with Gasteiger partial charge in [0.2, 0.25) is 0 Å². The van der Waals surface area contributed by atoms with Gasteiger partial charge in [-0.2, -0.15) is 0 Å². The second-order valence-electron chi connectivity index (χ2n) is 5.16. The molecular weight excluding hydrogens is 389 g/mol. The standard InChI is InChI=1S/C17H29N3O.HI/c1-4-18-17(19-12-6-5-7-13-21-3)20-14-16-10-8-15(2)9-11-16;/h8-11H,4-7,12-14H2,1-3H3,(H2,18,19,20);1H. The van der Waals surface area contributed by atoms with Gasteiger partial charge in [-0.15, -0.1) is 24.0 Å². The first-order valence-electron chi connectivity index (χ1n) is 7.83. The third-order valence-electron chi connectivity index (χ3n) is 3.20. The Kier molecular flexibility index (Phi) is 13.3. The summed E-state index contributed by atoms with van der Waals surface area (Å²) in [6.45, 7) is 7.57. The van der Waals surface area contributed by atoms with Crippen molar-refractivity contribution in [3.63, 3.8) is 0 Å². The Labute approximate surface area is 152 Å². The van der Waals surface area contributed by atoms with Crippen molar-refractivity contribution in [2.45, 2.75) is 39.7 Å². The maximum atomic E-state index is 5.05. The third kappa shape index (κ3) is 10.00. The van der Waals surface area contributed by atoms with Crippen LogP contribution < -0.4 is 10.6 Å². The molecule has 0 aliphatic rings. The molecule has 126 valence electrons. The number of halogens is 1. The molecule has 5 heteroatoms. The van der Waals surface area contributed by atoms with Gasteiger partial charge in [0.15, 0.2) is 5.96 Å². The molecule has 0 heterocycles. The summed E-state index contributed by atoms with van der Waals surface area (Å²) in [4.78, 5) is 4.62. The Hall–Kier alpha value is -0.820. The van der Waals surface area contributed by atoms with E-state index in [2.05, 4.69) is 53.7 Å². The van der Waals surface area contributed by atoms with E-state index in [4.69, 9.17) is 4.74 Å². The normalized spacial score (nSPS) is 11.0. The van der Waals surface area contributed by atoms with Crippen molar-refractivity contribution in [2.75, 3.05) is 26.8 Å². The molecule has 0 atom stereocenters. The van der Waals surface area contributed by atoms with Gasteiger partial charge in [0, 0.05) is 26.8 Å². The van der Waals surface area contributed by atoms with Crippen LogP contribution in [0.25, 0.3) is 0 Å². The minimum absolute atomic E-state index is 0. The molecule has 2 N–H and O–H groups in total. The molecule has 0 unspecified atom stereocenters. The van der Waals surface area contributed by atoms with Crippen LogP contribution in [0.15, 0.2) is 29.3 Å². The number of unbranched alkanes of at least 4 members (excludes halogenated alkanes) is 2. The third-order valence-corrected chi connectivity index (χ3v) is 3.20. The molecule has 0 radical (unpaired) electrons. The summed E-state index contributed by atoms with van der Waals surface area (Å²) in [6, 6.07) is 8.52. The Bertz CT molecular complexity index is 407. The first-order valence-corrected chi connectivity index (χ1v) is 7.83. The first kappa shape index (κ1) is 21.2. The van der Waals surface area contributed by atoms with Gasteiger partial charge in [0.1, 0.15) is 0 Å². The lowest BCUT2D eigenvalue weighted by Crippen LogP contribution is -2.37. The largest absolute Gasteiger partial charge is 0.385 e. The van der Waals surface area contributed by atoms with Gasteiger partial charge in [-0.1, -0.05) is 29.8 Å². The van der Waals surface area contributed by atoms with Crippen LogP contribution in [0.3, 0.4) is 0 Å². The Morgan fingerprint density at radius 1 is 1.09 bits per heavy atom. The lowest BCUT2D eigenvalue weighted by Gasteiger charge is -2.11. The molecule has 1 aromatic carbocycles. The Balaban J connectivity index is 0.00000441. The molecule has 22 heavy (non-hydrogen) atoms. The van der Waals surface area contributed by atoms with Crippen molar-refractivity contribution in [1.82, 2.24) is 10.6 Å². The Morgan fingerprint density at radius 3 is 2.45 bits per heavy atom. The summed E-state index contributed by atoms with van der Waals surface area (Å²) in [5, 5.41) is 6.66. The summed E-state index contributed by atoms with van der Waals surface area (Å²) in [6.07, 6.45) is 3.44. The van der Waals surface area contributed by atoms with Crippen LogP contribution in [0.4, 0.5) is 0 Å². The smallest absolute Gasteiger partial charge is 0.191 e. The number of guanidine groups is 1. The van der Waals surface area contributed by atoms with E-state index in [-0.39, 0.29) is 24.0 Å². The second-order valence-corrected chi connectivity index (χ2v) is 5.16. The molecule has 4 nitrogen and oxygen atoms in total. The monoisotopic (exact) mass is 419 g/mol. The molecule has 0 aliphatic heterocycles. The van der Waals surface area contributed by atoms with Gasteiger partial charge >= 0.3 is 0 Å². The number of rotatable bonds is 9. The van der Waals surface area contributed by atoms with E-state index in [9.17, 15) is 0 Å². The molecule has 0 saturated heterocycles. The maximum Gasteiger partial charge on any atom is 0.191 e. The van der Waals surface area contributed by atoms with Crippen LogP contribution in [0.2, 0.25) is 0 Å². The highest BCUT2D eigenvalue weighted by atomic mass is 127.